The third-order valence-electron chi connectivity index (χ3n) is 4.39. The van der Waals surface area contributed by atoms with Crippen molar-refractivity contribution in [3.63, 3.8) is 0 Å². The van der Waals surface area contributed by atoms with Crippen LogP contribution in [0.3, 0.4) is 0 Å². The van der Waals surface area contributed by atoms with Crippen LogP contribution < -0.4 is 0 Å². The molecular weight excluding hydrogens is 342 g/mol. The highest BCUT2D eigenvalue weighted by Gasteiger charge is 2.89. The second-order valence-electron chi connectivity index (χ2n) is 5.56. The smallest absolute Gasteiger partial charge is 0.327 e. The Bertz CT molecular complexity index is 802. The van der Waals surface area contributed by atoms with Crippen LogP contribution in [0.1, 0.15) is 25.3 Å². The second kappa shape index (κ2) is 6.81. The Morgan fingerprint density at radius 2 is 1.58 bits per heavy atom. The van der Waals surface area contributed by atoms with Gasteiger partial charge in [0.25, 0.3) is 5.69 Å². The maximum Gasteiger partial charge on any atom is 0.327 e. The van der Waals surface area contributed by atoms with E-state index in [1.165, 1.54) is 38.1 Å². The summed E-state index contributed by atoms with van der Waals surface area (Å²) in [6, 6.07) is 8.50. The third-order valence-corrected chi connectivity index (χ3v) is 4.39. The average molecular weight is 357 g/mol. The van der Waals surface area contributed by atoms with E-state index in [-0.39, 0.29) is 24.5 Å². The SMILES string of the molecule is CCOC(=O)C1(C(=O)OCC)C(c2ccc([N+](=O)[O-])cc2)C1(C#N)C#N. The van der Waals surface area contributed by atoms with Crippen LogP contribution in [0.2, 0.25) is 0 Å². The van der Waals surface area contributed by atoms with Crippen LogP contribution in [0.15, 0.2) is 24.3 Å². The summed E-state index contributed by atoms with van der Waals surface area (Å²) in [5, 5.41) is 30.0. The van der Waals surface area contributed by atoms with Crippen molar-refractivity contribution in [1.29, 1.82) is 10.5 Å². The average Bonchev–Trinajstić information content (AvgIpc) is 3.27. The Kier molecular flexibility index (Phi) is 4.94. The van der Waals surface area contributed by atoms with Gasteiger partial charge in [-0.25, -0.2) is 0 Å². The quantitative estimate of drug-likeness (QED) is 0.324. The van der Waals surface area contributed by atoms with Gasteiger partial charge in [-0.3, -0.25) is 19.7 Å². The number of rotatable bonds is 6. The summed E-state index contributed by atoms with van der Waals surface area (Å²) in [6.07, 6.45) is 0. The van der Waals surface area contributed by atoms with E-state index >= 15 is 0 Å². The molecule has 134 valence electrons. The van der Waals surface area contributed by atoms with E-state index in [9.17, 15) is 30.2 Å². The van der Waals surface area contributed by atoms with Gasteiger partial charge in [0.1, 0.15) is 0 Å². The predicted molar refractivity (Wildman–Crippen MR) is 85.2 cm³/mol. The number of non-ortho nitro benzene ring substituents is 1. The van der Waals surface area contributed by atoms with Gasteiger partial charge in [0.05, 0.1) is 30.3 Å². The fourth-order valence-corrected chi connectivity index (χ4v) is 3.22. The number of benzene rings is 1. The lowest BCUT2D eigenvalue weighted by Crippen LogP contribution is -2.35. The summed E-state index contributed by atoms with van der Waals surface area (Å²) in [5.74, 6) is -3.20. The molecule has 0 spiro atoms. The molecular formula is C17H15N3O6. The van der Waals surface area contributed by atoms with E-state index in [4.69, 9.17) is 9.47 Å². The summed E-state index contributed by atoms with van der Waals surface area (Å²) in [6.45, 7) is 2.95. The molecule has 1 unspecified atom stereocenters. The first kappa shape index (κ1) is 18.9. The van der Waals surface area contributed by atoms with E-state index in [1.807, 2.05) is 0 Å². The van der Waals surface area contributed by atoms with Crippen molar-refractivity contribution >= 4 is 17.6 Å². The maximum absolute atomic E-state index is 12.6. The molecule has 0 radical (unpaired) electrons. The molecule has 0 saturated heterocycles. The molecule has 0 aliphatic heterocycles. The number of nitrogens with zero attached hydrogens (tertiary/aromatic N) is 3. The number of nitro groups is 1. The van der Waals surface area contributed by atoms with Gasteiger partial charge >= 0.3 is 11.9 Å². The fraction of sp³-hybridized carbons (Fsp3) is 0.412. The van der Waals surface area contributed by atoms with E-state index in [1.54, 1.807) is 12.1 Å². The van der Waals surface area contributed by atoms with Gasteiger partial charge in [-0.15, -0.1) is 0 Å². The normalized spacial score (nSPS) is 18.7. The Morgan fingerprint density at radius 1 is 1.12 bits per heavy atom. The molecule has 1 aromatic carbocycles. The van der Waals surface area contributed by atoms with Crippen molar-refractivity contribution in [1.82, 2.24) is 0 Å². The zero-order valence-corrected chi connectivity index (χ0v) is 14.1. The molecule has 0 amide bonds. The molecule has 1 aliphatic carbocycles. The lowest BCUT2D eigenvalue weighted by Gasteiger charge is -2.15. The number of hydrogen-bond acceptors (Lipinski definition) is 8. The van der Waals surface area contributed by atoms with Crippen LogP contribution in [-0.4, -0.2) is 30.1 Å². The minimum atomic E-state index is -2.13. The third kappa shape index (κ3) is 2.37. The molecule has 1 aromatic rings. The molecule has 2 rings (SSSR count). The van der Waals surface area contributed by atoms with Gasteiger partial charge in [0.15, 0.2) is 5.41 Å². The lowest BCUT2D eigenvalue weighted by molar-refractivity contribution is -0.384. The summed E-state index contributed by atoms with van der Waals surface area (Å²) in [5.41, 5.74) is -4.08. The van der Waals surface area contributed by atoms with E-state index < -0.39 is 33.6 Å². The highest BCUT2D eigenvalue weighted by atomic mass is 16.6. The molecule has 1 saturated carbocycles. The number of carbonyl (C=O) groups excluding carboxylic acids is 2. The Hall–Kier alpha value is -3.46. The monoisotopic (exact) mass is 357 g/mol. The molecule has 9 heteroatoms. The summed E-state index contributed by atoms with van der Waals surface area (Å²) >= 11 is 0. The zero-order valence-electron chi connectivity index (χ0n) is 14.1. The van der Waals surface area contributed by atoms with Crippen LogP contribution in [-0.2, 0) is 19.1 Å². The number of ether oxygens (including phenoxy) is 2. The highest BCUT2D eigenvalue weighted by Crippen LogP contribution is 2.75. The van der Waals surface area contributed by atoms with E-state index in [0.717, 1.165) is 0 Å². The largest absolute Gasteiger partial charge is 0.465 e. The molecule has 1 atom stereocenters. The standard InChI is InChI=1S/C17H15N3O6/c1-3-25-14(21)17(15(22)26-4-2)13(16(17,9-18)10-19)11-5-7-12(8-6-11)20(23)24/h5-8,13H,3-4H2,1-2H3. The van der Waals surface area contributed by atoms with Crippen molar-refractivity contribution in [2.45, 2.75) is 19.8 Å². The van der Waals surface area contributed by atoms with Gasteiger partial charge in [-0.2, -0.15) is 10.5 Å². The first-order chi connectivity index (χ1) is 12.4. The summed E-state index contributed by atoms with van der Waals surface area (Å²) in [7, 11) is 0. The Balaban J connectivity index is 2.63. The molecule has 1 fully saturated rings. The van der Waals surface area contributed by atoms with Crippen LogP contribution in [0.5, 0.6) is 0 Å². The van der Waals surface area contributed by atoms with Gasteiger partial charge in [-0.05, 0) is 19.4 Å². The number of hydrogen-bond donors (Lipinski definition) is 0. The molecule has 0 aromatic heterocycles. The molecule has 0 bridgehead atoms. The fourth-order valence-electron chi connectivity index (χ4n) is 3.22. The second-order valence-corrected chi connectivity index (χ2v) is 5.56. The first-order valence-electron chi connectivity index (χ1n) is 7.78. The van der Waals surface area contributed by atoms with Gasteiger partial charge in [-0.1, -0.05) is 12.1 Å². The van der Waals surface area contributed by atoms with E-state index in [2.05, 4.69) is 0 Å². The lowest BCUT2D eigenvalue weighted by atomic mass is 9.95. The van der Waals surface area contributed by atoms with Crippen molar-refractivity contribution in [2.75, 3.05) is 13.2 Å². The number of esters is 2. The molecule has 1 aliphatic rings. The highest BCUT2D eigenvalue weighted by molar-refractivity contribution is 6.09. The molecule has 26 heavy (non-hydrogen) atoms. The van der Waals surface area contributed by atoms with Crippen molar-refractivity contribution in [2.24, 2.45) is 10.8 Å². The summed E-state index contributed by atoms with van der Waals surface area (Å²) < 4.78 is 9.92. The van der Waals surface area contributed by atoms with Gasteiger partial charge in [0, 0.05) is 18.1 Å². The molecule has 9 nitrogen and oxygen atoms in total. The number of carbonyl (C=O) groups is 2. The Labute approximate surface area is 148 Å². The van der Waals surface area contributed by atoms with Gasteiger partial charge < -0.3 is 9.47 Å². The topological polar surface area (TPSA) is 143 Å². The predicted octanol–water partition coefficient (Wildman–Crippen LogP) is 1.84. The minimum Gasteiger partial charge on any atom is -0.465 e. The maximum atomic E-state index is 12.6. The van der Waals surface area contributed by atoms with Gasteiger partial charge in [0.2, 0.25) is 5.41 Å². The minimum absolute atomic E-state index is 0.0556. The Morgan fingerprint density at radius 3 is 1.92 bits per heavy atom. The van der Waals surface area contributed by atoms with Crippen LogP contribution in [0.25, 0.3) is 0 Å². The van der Waals surface area contributed by atoms with E-state index in [0.29, 0.717) is 0 Å². The van der Waals surface area contributed by atoms with Crippen molar-refractivity contribution in [3.05, 3.63) is 39.9 Å². The first-order valence-corrected chi connectivity index (χ1v) is 7.78. The molecule has 0 heterocycles. The number of nitro benzene ring substituents is 1. The van der Waals surface area contributed by atoms with Crippen LogP contribution in [0, 0.1) is 43.6 Å². The summed E-state index contributed by atoms with van der Waals surface area (Å²) in [4.78, 5) is 35.4. The van der Waals surface area contributed by atoms with Crippen molar-refractivity contribution in [3.8, 4) is 12.1 Å². The zero-order chi connectivity index (χ0) is 19.5. The van der Waals surface area contributed by atoms with Crippen LogP contribution in [0.4, 0.5) is 5.69 Å². The van der Waals surface area contributed by atoms with Crippen LogP contribution >= 0.6 is 0 Å². The number of nitriles is 2. The molecule has 0 N–H and O–H groups in total. The van der Waals surface area contributed by atoms with Crippen molar-refractivity contribution < 1.29 is 24.0 Å².